The largest absolute Gasteiger partial charge is 0.394 e. The smallest absolute Gasteiger partial charge is 0.223 e. The van der Waals surface area contributed by atoms with Crippen molar-refractivity contribution >= 4 is 5.91 Å². The lowest BCUT2D eigenvalue weighted by molar-refractivity contribution is -0.134. The first kappa shape index (κ1) is 15.5. The second-order valence-electron chi connectivity index (χ2n) is 6.63. The van der Waals surface area contributed by atoms with E-state index in [0.717, 1.165) is 19.3 Å². The molecule has 1 amide bonds. The van der Waals surface area contributed by atoms with E-state index < -0.39 is 0 Å². The molecule has 2 aliphatic rings. The first-order valence-electron chi connectivity index (χ1n) is 8.19. The Labute approximate surface area is 132 Å². The van der Waals surface area contributed by atoms with Gasteiger partial charge < -0.3 is 14.7 Å². The van der Waals surface area contributed by atoms with Gasteiger partial charge in [-0.15, -0.1) is 0 Å². The number of ether oxygens (including phenoxy) is 1. The number of likely N-dealkylation sites (tertiary alicyclic amines) is 1. The number of benzene rings is 1. The molecule has 4 nitrogen and oxygen atoms in total. The fourth-order valence-electron chi connectivity index (χ4n) is 3.79. The van der Waals surface area contributed by atoms with E-state index in [1.54, 1.807) is 7.11 Å². The first-order chi connectivity index (χ1) is 10.7. The monoisotopic (exact) mass is 303 g/mol. The van der Waals surface area contributed by atoms with Crippen LogP contribution >= 0.6 is 0 Å². The maximum Gasteiger partial charge on any atom is 0.223 e. The summed E-state index contributed by atoms with van der Waals surface area (Å²) in [6, 6.07) is 10.5. The number of nitrogens with zero attached hydrogens (tertiary/aromatic N) is 1. The zero-order valence-electron chi connectivity index (χ0n) is 13.1. The summed E-state index contributed by atoms with van der Waals surface area (Å²) in [4.78, 5) is 14.3. The molecule has 0 spiro atoms. The molecule has 1 heterocycles. The maximum atomic E-state index is 12.5. The van der Waals surface area contributed by atoms with Crippen LogP contribution in [0.5, 0.6) is 0 Å². The standard InChI is InChI=1S/C18H25NO3/c1-22-17-10-16(12-20)19(11-17)18(21)9-13-7-15(8-13)14-5-3-2-4-6-14/h2-6,13,15-17,20H,7-12H2,1H3/t13?,15?,16-,17+/m0/s1. The van der Waals surface area contributed by atoms with E-state index in [2.05, 4.69) is 24.3 Å². The minimum absolute atomic E-state index is 0.0307. The van der Waals surface area contributed by atoms with Crippen molar-refractivity contribution in [2.24, 2.45) is 5.92 Å². The topological polar surface area (TPSA) is 49.8 Å². The average molecular weight is 303 g/mol. The van der Waals surface area contributed by atoms with Crippen LogP contribution in [0.1, 0.15) is 37.2 Å². The Kier molecular flexibility index (Phi) is 4.79. The Morgan fingerprint density at radius 3 is 2.64 bits per heavy atom. The van der Waals surface area contributed by atoms with Gasteiger partial charge in [-0.05, 0) is 36.7 Å². The number of rotatable bonds is 5. The van der Waals surface area contributed by atoms with Crippen molar-refractivity contribution in [1.82, 2.24) is 4.90 Å². The summed E-state index contributed by atoms with van der Waals surface area (Å²) < 4.78 is 5.34. The molecule has 1 aliphatic heterocycles. The number of methoxy groups -OCH3 is 1. The number of aliphatic hydroxyl groups excluding tert-OH is 1. The molecule has 1 aromatic rings. The highest BCUT2D eigenvalue weighted by Gasteiger charge is 2.38. The van der Waals surface area contributed by atoms with Crippen molar-refractivity contribution in [3.63, 3.8) is 0 Å². The summed E-state index contributed by atoms with van der Waals surface area (Å²) in [6.45, 7) is 0.651. The van der Waals surface area contributed by atoms with Crippen LogP contribution in [-0.2, 0) is 9.53 Å². The molecule has 1 N–H and O–H groups in total. The zero-order chi connectivity index (χ0) is 15.5. The van der Waals surface area contributed by atoms with E-state index in [-0.39, 0.29) is 24.7 Å². The SMILES string of the molecule is CO[C@@H]1C[C@@H](CO)N(C(=O)CC2CC(c3ccccc3)C2)C1. The van der Waals surface area contributed by atoms with Crippen molar-refractivity contribution in [3.8, 4) is 0 Å². The number of amides is 1. The van der Waals surface area contributed by atoms with Crippen LogP contribution in [-0.4, -0.2) is 48.3 Å². The molecule has 1 saturated heterocycles. The van der Waals surface area contributed by atoms with Gasteiger partial charge in [-0.3, -0.25) is 4.79 Å². The third-order valence-electron chi connectivity index (χ3n) is 5.21. The number of hydrogen-bond donors (Lipinski definition) is 1. The fourth-order valence-corrected chi connectivity index (χ4v) is 3.79. The third kappa shape index (κ3) is 3.18. The molecule has 2 fully saturated rings. The van der Waals surface area contributed by atoms with Crippen molar-refractivity contribution in [3.05, 3.63) is 35.9 Å². The lowest BCUT2D eigenvalue weighted by Gasteiger charge is -2.36. The molecule has 2 atom stereocenters. The fraction of sp³-hybridized carbons (Fsp3) is 0.611. The van der Waals surface area contributed by atoms with Crippen molar-refractivity contribution < 1.29 is 14.6 Å². The third-order valence-corrected chi connectivity index (χ3v) is 5.21. The molecule has 0 unspecified atom stereocenters. The Morgan fingerprint density at radius 2 is 2.00 bits per heavy atom. The zero-order valence-corrected chi connectivity index (χ0v) is 13.1. The van der Waals surface area contributed by atoms with Gasteiger partial charge in [0.05, 0.1) is 18.8 Å². The Balaban J connectivity index is 1.49. The molecule has 1 aliphatic carbocycles. The number of hydrogen-bond acceptors (Lipinski definition) is 3. The first-order valence-corrected chi connectivity index (χ1v) is 8.19. The van der Waals surface area contributed by atoms with Gasteiger partial charge in [-0.2, -0.15) is 0 Å². The molecule has 3 rings (SSSR count). The number of aliphatic hydroxyl groups is 1. The Morgan fingerprint density at radius 1 is 1.27 bits per heavy atom. The molecule has 22 heavy (non-hydrogen) atoms. The predicted octanol–water partition coefficient (Wildman–Crippen LogP) is 2.18. The normalized spacial score (nSPS) is 31.1. The van der Waals surface area contributed by atoms with Crippen molar-refractivity contribution in [2.45, 2.75) is 43.7 Å². The molecule has 4 heteroatoms. The minimum atomic E-state index is -0.0672. The highest BCUT2D eigenvalue weighted by atomic mass is 16.5. The van der Waals surface area contributed by atoms with Crippen LogP contribution in [0.2, 0.25) is 0 Å². The molecule has 0 aromatic heterocycles. The van der Waals surface area contributed by atoms with Crippen molar-refractivity contribution in [2.75, 3.05) is 20.3 Å². The van der Waals surface area contributed by atoms with Crippen LogP contribution in [0.25, 0.3) is 0 Å². The van der Waals surface area contributed by atoms with Crippen LogP contribution in [0.4, 0.5) is 0 Å². The van der Waals surface area contributed by atoms with Gasteiger partial charge in [0, 0.05) is 20.1 Å². The number of carbonyl (C=O) groups is 1. The van der Waals surface area contributed by atoms with E-state index in [9.17, 15) is 9.90 Å². The Bertz CT molecular complexity index is 498. The molecule has 120 valence electrons. The lowest BCUT2D eigenvalue weighted by atomic mass is 9.70. The molecular formula is C18H25NO3. The summed E-state index contributed by atoms with van der Waals surface area (Å²) >= 11 is 0. The molecular weight excluding hydrogens is 278 g/mol. The van der Waals surface area contributed by atoms with E-state index in [1.807, 2.05) is 11.0 Å². The van der Waals surface area contributed by atoms with Gasteiger partial charge >= 0.3 is 0 Å². The van der Waals surface area contributed by atoms with Crippen LogP contribution in [0, 0.1) is 5.92 Å². The molecule has 1 saturated carbocycles. The van der Waals surface area contributed by atoms with Gasteiger partial charge in [-0.25, -0.2) is 0 Å². The predicted molar refractivity (Wildman–Crippen MR) is 84.5 cm³/mol. The van der Waals surface area contributed by atoms with E-state index >= 15 is 0 Å². The molecule has 0 radical (unpaired) electrons. The van der Waals surface area contributed by atoms with Gasteiger partial charge in [0.2, 0.25) is 5.91 Å². The van der Waals surface area contributed by atoms with Gasteiger partial charge in [0.25, 0.3) is 0 Å². The van der Waals surface area contributed by atoms with E-state index in [4.69, 9.17) is 4.74 Å². The van der Waals surface area contributed by atoms with E-state index in [0.29, 0.717) is 24.8 Å². The molecule has 0 bridgehead atoms. The minimum Gasteiger partial charge on any atom is -0.394 e. The summed E-state index contributed by atoms with van der Waals surface area (Å²) in [7, 11) is 1.67. The van der Waals surface area contributed by atoms with Crippen molar-refractivity contribution in [1.29, 1.82) is 0 Å². The lowest BCUT2D eigenvalue weighted by Crippen LogP contribution is -2.40. The second-order valence-corrected chi connectivity index (χ2v) is 6.63. The maximum absolute atomic E-state index is 12.5. The van der Waals surface area contributed by atoms with E-state index in [1.165, 1.54) is 5.56 Å². The molecule has 1 aromatic carbocycles. The van der Waals surface area contributed by atoms with Crippen LogP contribution in [0.15, 0.2) is 30.3 Å². The quantitative estimate of drug-likeness (QED) is 0.907. The summed E-state index contributed by atoms with van der Waals surface area (Å²) in [5, 5.41) is 9.45. The summed E-state index contributed by atoms with van der Waals surface area (Å²) in [5.74, 6) is 1.27. The van der Waals surface area contributed by atoms with Crippen LogP contribution < -0.4 is 0 Å². The van der Waals surface area contributed by atoms with Gasteiger partial charge in [-0.1, -0.05) is 30.3 Å². The highest BCUT2D eigenvalue weighted by Crippen LogP contribution is 2.43. The van der Waals surface area contributed by atoms with Gasteiger partial charge in [0.15, 0.2) is 0 Å². The highest BCUT2D eigenvalue weighted by molar-refractivity contribution is 5.77. The van der Waals surface area contributed by atoms with Gasteiger partial charge in [0.1, 0.15) is 0 Å². The average Bonchev–Trinajstić information content (AvgIpc) is 2.94. The Hall–Kier alpha value is -1.39. The van der Waals surface area contributed by atoms with Crippen LogP contribution in [0.3, 0.4) is 0 Å². The summed E-state index contributed by atoms with van der Waals surface area (Å²) in [6.07, 6.45) is 3.62. The second kappa shape index (κ2) is 6.80. The summed E-state index contributed by atoms with van der Waals surface area (Å²) in [5.41, 5.74) is 1.39. The number of carbonyl (C=O) groups excluding carboxylic acids is 1.